The van der Waals surface area contributed by atoms with Crippen molar-refractivity contribution >= 4 is 28.2 Å². The SMILES string of the molecule is [2H]C(=O)OC.[B]PC(=O)O. The highest BCUT2D eigenvalue weighted by Crippen LogP contribution is 1.97. The highest BCUT2D eigenvalue weighted by Gasteiger charge is 1.79. The van der Waals surface area contributed by atoms with Crippen LogP contribution >= 0.6 is 8.46 Å². The second-order valence-corrected chi connectivity index (χ2v) is 1.45. The quantitative estimate of drug-likeness (QED) is 0.328. The molecule has 0 saturated heterocycles. The molecular formula is C3H6BO4P. The summed E-state index contributed by atoms with van der Waals surface area (Å²) in [6.45, 7) is 0. The molecule has 0 saturated carbocycles. The van der Waals surface area contributed by atoms with Crippen LogP contribution in [-0.4, -0.2) is 31.9 Å². The number of ether oxygens (including phenoxy) is 1. The summed E-state index contributed by atoms with van der Waals surface area (Å²) in [6.07, 6.45) is -0.995. The molecule has 0 fully saturated rings. The van der Waals surface area contributed by atoms with Gasteiger partial charge in [-0.25, -0.2) is 4.79 Å². The Labute approximate surface area is 57.1 Å². The molecule has 6 heteroatoms. The minimum Gasteiger partial charge on any atom is -0.479 e. The van der Waals surface area contributed by atoms with Crippen molar-refractivity contribution in [3.63, 3.8) is 0 Å². The fraction of sp³-hybridized carbons (Fsp3) is 0.333. The lowest BCUT2D eigenvalue weighted by molar-refractivity contribution is -0.126. The molecule has 0 aromatic carbocycles. The Hall–Kier alpha value is -0.565. The van der Waals surface area contributed by atoms with Crippen LogP contribution in [0, 0.1) is 0 Å². The fourth-order valence-corrected chi connectivity index (χ4v) is 0. The molecule has 1 N–H and O–H groups in total. The van der Waals surface area contributed by atoms with E-state index in [4.69, 9.17) is 6.48 Å². The Bertz CT molecular complexity index is 105. The van der Waals surface area contributed by atoms with Crippen LogP contribution < -0.4 is 0 Å². The average molecular weight is 149 g/mol. The molecule has 0 aliphatic carbocycles. The molecule has 1 unspecified atom stereocenters. The zero-order chi connectivity index (χ0) is 8.57. The van der Waals surface area contributed by atoms with Crippen LogP contribution in [0.5, 0.6) is 0 Å². The lowest BCUT2D eigenvalue weighted by atomic mass is 10.8. The number of rotatable bonds is 1. The molecule has 0 bridgehead atoms. The molecule has 0 spiro atoms. The second-order valence-electron chi connectivity index (χ2n) is 0.737. The third kappa shape index (κ3) is 37.0. The Morgan fingerprint density at radius 1 is 2.11 bits per heavy atom. The maximum absolute atomic E-state index is 9.26. The zero-order valence-corrected chi connectivity index (χ0v) is 5.75. The molecule has 0 aromatic heterocycles. The summed E-state index contributed by atoms with van der Waals surface area (Å²) in [6, 6.07) is 0. The van der Waals surface area contributed by atoms with Gasteiger partial charge in [-0.3, -0.25) is 4.79 Å². The van der Waals surface area contributed by atoms with Crippen molar-refractivity contribution in [2.75, 3.05) is 7.11 Å². The van der Waals surface area contributed by atoms with E-state index in [1.165, 1.54) is 0 Å². The molecule has 2 radical (unpaired) electrons. The van der Waals surface area contributed by atoms with E-state index >= 15 is 0 Å². The number of carbonyl (C=O) groups excluding carboxylic acids is 1. The van der Waals surface area contributed by atoms with Crippen molar-refractivity contribution < 1.29 is 20.8 Å². The average Bonchev–Trinajstić information content (AvgIpc) is 1.89. The van der Waals surface area contributed by atoms with Crippen molar-refractivity contribution in [3.05, 3.63) is 0 Å². The van der Waals surface area contributed by atoms with Crippen LogP contribution in [0.3, 0.4) is 0 Å². The molecular weight excluding hydrogens is 142 g/mol. The van der Waals surface area contributed by atoms with Gasteiger partial charge in [-0.1, -0.05) is 8.46 Å². The molecule has 0 rings (SSSR count). The minimum atomic E-state index is -0.995. The summed E-state index contributed by atoms with van der Waals surface area (Å²) >= 11 is 0. The van der Waals surface area contributed by atoms with Gasteiger partial charge in [-0.2, -0.15) is 0 Å². The minimum absolute atomic E-state index is 0.469. The summed E-state index contributed by atoms with van der Waals surface area (Å²) < 4.78 is 9.74. The van der Waals surface area contributed by atoms with Gasteiger partial charge in [0.1, 0.15) is 7.57 Å². The second kappa shape index (κ2) is 10.4. The van der Waals surface area contributed by atoms with Crippen molar-refractivity contribution in [2.45, 2.75) is 0 Å². The van der Waals surface area contributed by atoms with Crippen LogP contribution in [0.4, 0.5) is 4.79 Å². The maximum atomic E-state index is 9.26. The molecule has 50 valence electrons. The molecule has 4 nitrogen and oxygen atoms in total. The van der Waals surface area contributed by atoms with Crippen molar-refractivity contribution in [1.29, 1.82) is 0 Å². The standard InChI is InChI=1S/C2H4O2.CH2BO2P/c1-4-2-3;2-5-1(3)4/h2H,1H3;5H,(H,3,4)/i2D;. The van der Waals surface area contributed by atoms with E-state index in [9.17, 15) is 9.59 Å². The first-order valence-corrected chi connectivity index (χ1v) is 2.86. The van der Waals surface area contributed by atoms with Gasteiger partial charge < -0.3 is 9.84 Å². The van der Waals surface area contributed by atoms with Crippen LogP contribution in [0.1, 0.15) is 1.37 Å². The normalized spacial score (nSPS) is 9.22. The maximum Gasteiger partial charge on any atom is 0.310 e. The van der Waals surface area contributed by atoms with E-state index in [2.05, 4.69) is 12.3 Å². The largest absolute Gasteiger partial charge is 0.479 e. The van der Waals surface area contributed by atoms with Crippen LogP contribution in [-0.2, 0) is 9.53 Å². The van der Waals surface area contributed by atoms with Gasteiger partial charge in [0.15, 0.2) is 1.37 Å². The fourth-order valence-electron chi connectivity index (χ4n) is 0. The zero-order valence-electron chi connectivity index (χ0n) is 5.75. The third-order valence-electron chi connectivity index (χ3n) is 0.207. The Morgan fingerprint density at radius 2 is 2.33 bits per heavy atom. The number of methoxy groups -OCH3 is 1. The summed E-state index contributed by atoms with van der Waals surface area (Å²) in [5, 5.41) is 7.61. The molecule has 1 atom stereocenters. The predicted molar refractivity (Wildman–Crippen MR) is 35.2 cm³/mol. The highest BCUT2D eigenvalue weighted by molar-refractivity contribution is 7.80. The van der Waals surface area contributed by atoms with Gasteiger partial charge in [0, 0.05) is 0 Å². The van der Waals surface area contributed by atoms with Gasteiger partial charge in [0.25, 0.3) is 6.45 Å². The smallest absolute Gasteiger partial charge is 0.310 e. The van der Waals surface area contributed by atoms with Crippen LogP contribution in [0.15, 0.2) is 0 Å². The van der Waals surface area contributed by atoms with Gasteiger partial charge in [0.05, 0.1) is 7.11 Å². The highest BCUT2D eigenvalue weighted by atomic mass is 31.1. The molecule has 0 heterocycles. The first-order valence-electron chi connectivity index (χ1n) is 2.28. The number of hydrogen-bond donors (Lipinski definition) is 1. The summed E-state index contributed by atoms with van der Waals surface area (Å²) in [7, 11) is 5.29. The topological polar surface area (TPSA) is 63.6 Å². The lowest BCUT2D eigenvalue weighted by Crippen LogP contribution is -1.73. The van der Waals surface area contributed by atoms with E-state index in [1.807, 2.05) is 0 Å². The Kier molecular flexibility index (Phi) is 9.77. The number of carbonyl (C=O) groups is 2. The van der Waals surface area contributed by atoms with Crippen molar-refractivity contribution in [1.82, 2.24) is 0 Å². The number of hydrogen-bond acceptors (Lipinski definition) is 3. The molecule has 0 aliphatic heterocycles. The van der Waals surface area contributed by atoms with E-state index < -0.39 is 20.6 Å². The molecule has 9 heavy (non-hydrogen) atoms. The third-order valence-corrected chi connectivity index (χ3v) is 0.454. The van der Waals surface area contributed by atoms with Crippen LogP contribution in [0.25, 0.3) is 0 Å². The van der Waals surface area contributed by atoms with E-state index in [0.717, 1.165) is 7.11 Å². The summed E-state index contributed by atoms with van der Waals surface area (Å²) in [5.41, 5.74) is -0.940. The van der Waals surface area contributed by atoms with Crippen LogP contribution in [0.2, 0.25) is 0 Å². The molecule has 0 aromatic rings. The van der Waals surface area contributed by atoms with Crippen molar-refractivity contribution in [2.24, 2.45) is 0 Å². The van der Waals surface area contributed by atoms with Gasteiger partial charge in [-0.15, -0.1) is 0 Å². The molecule has 0 aliphatic rings. The molecule has 0 amide bonds. The van der Waals surface area contributed by atoms with E-state index in [-0.39, 0.29) is 0 Å². The van der Waals surface area contributed by atoms with Crippen molar-refractivity contribution in [3.8, 4) is 0 Å². The number of carboxylic acid groups (broad SMARTS) is 1. The Morgan fingerprint density at radius 3 is 2.33 bits per heavy atom. The van der Waals surface area contributed by atoms with Gasteiger partial charge in [-0.05, 0) is 0 Å². The Balaban J connectivity index is 0. The summed E-state index contributed by atoms with van der Waals surface area (Å²) in [5.74, 6) is 0. The van der Waals surface area contributed by atoms with E-state index in [1.54, 1.807) is 0 Å². The first-order chi connectivity index (χ1) is 4.54. The predicted octanol–water partition coefficient (Wildman–Crippen LogP) is 0.216. The first kappa shape index (κ1) is 8.43. The lowest BCUT2D eigenvalue weighted by Gasteiger charge is -1.72. The van der Waals surface area contributed by atoms with Gasteiger partial charge in [0.2, 0.25) is 0 Å². The van der Waals surface area contributed by atoms with Gasteiger partial charge >= 0.3 is 5.71 Å². The summed E-state index contributed by atoms with van der Waals surface area (Å²) in [4.78, 5) is 18.5. The van der Waals surface area contributed by atoms with E-state index in [0.29, 0.717) is 0 Å². The monoisotopic (exact) mass is 149 g/mol.